The highest BCUT2D eigenvalue weighted by molar-refractivity contribution is 5.65. The second-order valence-electron chi connectivity index (χ2n) is 7.54. The molecular formula is C23H22F6O3. The molecule has 32 heavy (non-hydrogen) atoms. The quantitative estimate of drug-likeness (QED) is 0.305. The smallest absolute Gasteiger partial charge is 0.424 e. The lowest BCUT2D eigenvalue weighted by Gasteiger charge is -2.33. The molecule has 0 aromatic heterocycles. The molecule has 0 radical (unpaired) electrons. The van der Waals surface area contributed by atoms with Crippen LogP contribution in [0.5, 0.6) is 11.5 Å². The summed E-state index contributed by atoms with van der Waals surface area (Å²) in [7, 11) is 0. The molecule has 0 bridgehead atoms. The molecule has 1 heterocycles. The van der Waals surface area contributed by atoms with E-state index in [0.29, 0.717) is 12.0 Å². The molecule has 2 atom stereocenters. The van der Waals surface area contributed by atoms with Gasteiger partial charge in [0.2, 0.25) is 0 Å². The lowest BCUT2D eigenvalue weighted by Crippen LogP contribution is -2.44. The van der Waals surface area contributed by atoms with Crippen molar-refractivity contribution in [1.82, 2.24) is 0 Å². The molecule has 0 aliphatic carbocycles. The highest BCUT2D eigenvalue weighted by Gasteiger charge is 2.45. The maximum Gasteiger partial charge on any atom is 0.424 e. The molecule has 174 valence electrons. The van der Waals surface area contributed by atoms with Crippen LogP contribution in [0.4, 0.5) is 26.3 Å². The highest BCUT2D eigenvalue weighted by Crippen LogP contribution is 2.35. The van der Waals surface area contributed by atoms with Crippen molar-refractivity contribution in [3.8, 4) is 22.6 Å². The number of hydrogen-bond acceptors (Lipinski definition) is 3. The Hall–Kier alpha value is -2.68. The van der Waals surface area contributed by atoms with Gasteiger partial charge in [-0.05, 0) is 60.6 Å². The zero-order valence-electron chi connectivity index (χ0n) is 17.2. The van der Waals surface area contributed by atoms with Gasteiger partial charge in [0.1, 0.15) is 5.75 Å². The number of halogens is 6. The number of benzene rings is 2. The zero-order valence-corrected chi connectivity index (χ0v) is 17.2. The molecule has 0 spiro atoms. The summed E-state index contributed by atoms with van der Waals surface area (Å²) in [6.45, 7) is 2.30. The van der Waals surface area contributed by atoms with E-state index in [1.54, 1.807) is 0 Å². The van der Waals surface area contributed by atoms with Gasteiger partial charge >= 0.3 is 12.2 Å². The van der Waals surface area contributed by atoms with Crippen LogP contribution in [0, 0.1) is 17.6 Å². The molecule has 1 aliphatic rings. The summed E-state index contributed by atoms with van der Waals surface area (Å²) in [4.78, 5) is 0. The monoisotopic (exact) mass is 460 g/mol. The van der Waals surface area contributed by atoms with Crippen LogP contribution in [-0.2, 0) is 4.74 Å². The first kappa shape index (κ1) is 24.0. The van der Waals surface area contributed by atoms with E-state index in [9.17, 15) is 26.3 Å². The fourth-order valence-electron chi connectivity index (χ4n) is 3.59. The van der Waals surface area contributed by atoms with E-state index < -0.39 is 35.7 Å². The van der Waals surface area contributed by atoms with E-state index in [2.05, 4.69) is 4.74 Å². The Morgan fingerprint density at radius 2 is 1.72 bits per heavy atom. The third-order valence-corrected chi connectivity index (χ3v) is 5.15. The van der Waals surface area contributed by atoms with E-state index in [1.165, 1.54) is 24.3 Å². The summed E-state index contributed by atoms with van der Waals surface area (Å²) < 4.78 is 95.7. The van der Waals surface area contributed by atoms with Crippen molar-refractivity contribution in [2.75, 3.05) is 6.61 Å². The van der Waals surface area contributed by atoms with Gasteiger partial charge in [0.05, 0.1) is 6.61 Å². The first-order valence-electron chi connectivity index (χ1n) is 10.1. The van der Waals surface area contributed by atoms with E-state index in [-0.39, 0.29) is 36.5 Å². The minimum absolute atomic E-state index is 0.0629. The van der Waals surface area contributed by atoms with Gasteiger partial charge in [-0.3, -0.25) is 0 Å². The van der Waals surface area contributed by atoms with Crippen LogP contribution in [0.1, 0.15) is 32.6 Å². The van der Waals surface area contributed by atoms with E-state index in [4.69, 9.17) is 9.47 Å². The molecular weight excluding hydrogens is 438 g/mol. The number of rotatable bonds is 8. The molecule has 2 aromatic carbocycles. The number of ether oxygens (including phenoxy) is 3. The molecule has 9 heteroatoms. The zero-order chi connectivity index (χ0) is 23.3. The topological polar surface area (TPSA) is 27.7 Å². The fraction of sp³-hybridized carbons (Fsp3) is 0.391. The summed E-state index contributed by atoms with van der Waals surface area (Å²) in [5, 5.41) is 0. The summed E-state index contributed by atoms with van der Waals surface area (Å²) in [6, 6.07) is 6.95. The summed E-state index contributed by atoms with van der Waals surface area (Å²) in [5.41, 5.74) is 0.362. The minimum atomic E-state index is -3.53. The van der Waals surface area contributed by atoms with E-state index in [0.717, 1.165) is 25.0 Å². The third kappa shape index (κ3) is 5.97. The first-order chi connectivity index (χ1) is 15.2. The van der Waals surface area contributed by atoms with Crippen molar-refractivity contribution in [3.63, 3.8) is 0 Å². The van der Waals surface area contributed by atoms with Gasteiger partial charge in [0.25, 0.3) is 0 Å². The second-order valence-corrected chi connectivity index (χ2v) is 7.54. The average Bonchev–Trinajstić information content (AvgIpc) is 2.74. The molecule has 3 rings (SSSR count). The molecule has 0 amide bonds. The van der Waals surface area contributed by atoms with Gasteiger partial charge in [-0.1, -0.05) is 25.5 Å². The Labute approximate surface area is 181 Å². The van der Waals surface area contributed by atoms with E-state index >= 15 is 0 Å². The van der Waals surface area contributed by atoms with Crippen LogP contribution in [0.2, 0.25) is 0 Å². The van der Waals surface area contributed by atoms with Gasteiger partial charge in [-0.15, -0.1) is 0 Å². The number of alkyl halides is 2. The van der Waals surface area contributed by atoms with Crippen LogP contribution in [0.25, 0.3) is 11.1 Å². The average molecular weight is 460 g/mol. The van der Waals surface area contributed by atoms with Gasteiger partial charge in [0.15, 0.2) is 29.8 Å². The van der Waals surface area contributed by atoms with Crippen LogP contribution in [0.3, 0.4) is 0 Å². The van der Waals surface area contributed by atoms with Crippen molar-refractivity contribution in [2.45, 2.75) is 44.8 Å². The fourth-order valence-corrected chi connectivity index (χ4v) is 3.59. The molecule has 1 saturated heterocycles. The van der Waals surface area contributed by atoms with Crippen LogP contribution in [-0.4, -0.2) is 18.8 Å². The van der Waals surface area contributed by atoms with Crippen molar-refractivity contribution in [1.29, 1.82) is 0 Å². The standard InChI is InChI=1S/C23H22F6O3/c1-2-3-14-4-9-20(30-12-14)23(28,29)32-17-7-5-15(6-8-17)16-10-18(24)22(19(25)11-16)31-13-21(26)27/h5-8,10-11,13-14,20H,2-4,9,12H2,1H3. The Bertz CT molecular complexity index is 910. The minimum Gasteiger partial charge on any atom is -0.453 e. The van der Waals surface area contributed by atoms with Gasteiger partial charge in [-0.25, -0.2) is 8.78 Å². The Balaban J connectivity index is 1.68. The molecule has 1 aliphatic heterocycles. The largest absolute Gasteiger partial charge is 0.453 e. The van der Waals surface area contributed by atoms with Crippen LogP contribution < -0.4 is 9.47 Å². The van der Waals surface area contributed by atoms with Crippen molar-refractivity contribution in [3.05, 3.63) is 60.4 Å². The molecule has 3 nitrogen and oxygen atoms in total. The molecule has 2 aromatic rings. The second kappa shape index (κ2) is 10.3. The van der Waals surface area contributed by atoms with Gasteiger partial charge in [0, 0.05) is 0 Å². The lowest BCUT2D eigenvalue weighted by molar-refractivity contribution is -0.264. The Kier molecular flexibility index (Phi) is 7.71. The number of hydrogen-bond donors (Lipinski definition) is 0. The molecule has 0 N–H and O–H groups in total. The van der Waals surface area contributed by atoms with Gasteiger partial charge < -0.3 is 14.2 Å². The third-order valence-electron chi connectivity index (χ3n) is 5.15. The first-order valence-corrected chi connectivity index (χ1v) is 10.1. The molecule has 1 fully saturated rings. The predicted octanol–water partition coefficient (Wildman–Crippen LogP) is 7.32. The van der Waals surface area contributed by atoms with Gasteiger partial charge in [-0.2, -0.15) is 17.6 Å². The summed E-state index contributed by atoms with van der Waals surface area (Å²) >= 11 is 0. The van der Waals surface area contributed by atoms with Crippen LogP contribution >= 0.6 is 0 Å². The highest BCUT2D eigenvalue weighted by atomic mass is 19.3. The Morgan fingerprint density at radius 1 is 1.06 bits per heavy atom. The molecule has 2 unspecified atom stereocenters. The van der Waals surface area contributed by atoms with E-state index in [1.807, 2.05) is 6.92 Å². The van der Waals surface area contributed by atoms with Crippen molar-refractivity contribution >= 4 is 0 Å². The lowest BCUT2D eigenvalue weighted by atomic mass is 9.94. The van der Waals surface area contributed by atoms with Crippen molar-refractivity contribution < 1.29 is 40.6 Å². The Morgan fingerprint density at radius 3 is 2.25 bits per heavy atom. The summed E-state index contributed by atoms with van der Waals surface area (Å²) in [6.07, 6.45) is -4.49. The van der Waals surface area contributed by atoms with Crippen molar-refractivity contribution in [2.24, 2.45) is 5.92 Å². The van der Waals surface area contributed by atoms with Crippen LogP contribution in [0.15, 0.2) is 48.7 Å². The SMILES string of the molecule is CCCC1CCC(C(F)(F)Oc2ccc(-c3cc(F)c(OC=C(F)F)c(F)c3)cc2)OC1. The maximum absolute atomic E-state index is 14.5. The normalized spacial score (nSPS) is 18.8. The maximum atomic E-state index is 14.5. The predicted molar refractivity (Wildman–Crippen MR) is 106 cm³/mol. The summed E-state index contributed by atoms with van der Waals surface area (Å²) in [5.74, 6) is -3.23. The molecule has 0 saturated carbocycles.